The van der Waals surface area contributed by atoms with Gasteiger partial charge < -0.3 is 24.8 Å². The van der Waals surface area contributed by atoms with Crippen LogP contribution >= 0.6 is 24.0 Å². The number of morpholine rings is 1. The number of pyridine rings is 1. The van der Waals surface area contributed by atoms with Gasteiger partial charge in [0.15, 0.2) is 11.7 Å². The molecule has 0 aliphatic carbocycles. The highest BCUT2D eigenvalue weighted by Gasteiger charge is 2.17. The van der Waals surface area contributed by atoms with Crippen LogP contribution in [0.2, 0.25) is 0 Å². The Hall–Kier alpha value is -1.88. The predicted molar refractivity (Wildman–Crippen MR) is 134 cm³/mol. The number of ether oxygens (including phenoxy) is 1. The second-order valence-corrected chi connectivity index (χ2v) is 7.66. The molecule has 1 unspecified atom stereocenters. The summed E-state index contributed by atoms with van der Waals surface area (Å²) in [6, 6.07) is 6.20. The largest absolute Gasteiger partial charge is 0.375 e. The third kappa shape index (κ3) is 7.34. The lowest BCUT2D eigenvalue weighted by Crippen LogP contribution is -2.41. The maximum Gasteiger partial charge on any atom is 0.191 e. The SMILES string of the molecule is CCC(CC)c1cc(CNC(=NC)NCc2ccc(N3CCOC(C)C3)nc2)on1.I. The highest BCUT2D eigenvalue weighted by molar-refractivity contribution is 14.0. The molecule has 0 aromatic carbocycles. The fourth-order valence-corrected chi connectivity index (χ4v) is 3.62. The minimum atomic E-state index is 0. The first-order valence-corrected chi connectivity index (χ1v) is 10.8. The normalized spacial score (nSPS) is 16.9. The summed E-state index contributed by atoms with van der Waals surface area (Å²) in [6.07, 6.45) is 4.28. The Balaban J connectivity index is 0.00000341. The number of anilines is 1. The molecule has 9 heteroatoms. The number of nitrogens with zero attached hydrogens (tertiary/aromatic N) is 4. The van der Waals surface area contributed by atoms with E-state index in [1.165, 1.54) is 0 Å². The van der Waals surface area contributed by atoms with Gasteiger partial charge >= 0.3 is 0 Å². The van der Waals surface area contributed by atoms with Crippen LogP contribution in [0.1, 0.15) is 56.5 Å². The number of nitrogens with one attached hydrogen (secondary N) is 2. The van der Waals surface area contributed by atoms with E-state index in [9.17, 15) is 0 Å². The minimum Gasteiger partial charge on any atom is -0.375 e. The quantitative estimate of drug-likeness (QED) is 0.299. The minimum absolute atomic E-state index is 0. The highest BCUT2D eigenvalue weighted by atomic mass is 127. The summed E-state index contributed by atoms with van der Waals surface area (Å²) in [7, 11) is 1.76. The molecule has 0 amide bonds. The maximum absolute atomic E-state index is 5.60. The van der Waals surface area contributed by atoms with Crippen molar-refractivity contribution in [2.75, 3.05) is 31.6 Å². The van der Waals surface area contributed by atoms with Crippen LogP contribution in [0.15, 0.2) is 33.9 Å². The Morgan fingerprint density at radius 3 is 2.68 bits per heavy atom. The van der Waals surface area contributed by atoms with Gasteiger partial charge in [0.2, 0.25) is 0 Å². The lowest BCUT2D eigenvalue weighted by Gasteiger charge is -2.32. The van der Waals surface area contributed by atoms with Gasteiger partial charge in [0.1, 0.15) is 5.82 Å². The number of guanidine groups is 1. The van der Waals surface area contributed by atoms with Gasteiger partial charge in [-0.25, -0.2) is 4.98 Å². The van der Waals surface area contributed by atoms with Crippen LogP contribution in [-0.2, 0) is 17.8 Å². The highest BCUT2D eigenvalue weighted by Crippen LogP contribution is 2.22. The number of rotatable bonds is 8. The number of hydrogen-bond acceptors (Lipinski definition) is 6. The molecule has 3 heterocycles. The molecule has 31 heavy (non-hydrogen) atoms. The van der Waals surface area contributed by atoms with Crippen LogP contribution in [0, 0.1) is 0 Å². The molecule has 1 saturated heterocycles. The average Bonchev–Trinajstić information content (AvgIpc) is 3.24. The molecular weight excluding hydrogens is 507 g/mol. The van der Waals surface area contributed by atoms with E-state index >= 15 is 0 Å². The molecule has 1 atom stereocenters. The van der Waals surface area contributed by atoms with Crippen LogP contribution < -0.4 is 15.5 Å². The van der Waals surface area contributed by atoms with E-state index in [-0.39, 0.29) is 30.1 Å². The standard InChI is InChI=1S/C22H34N6O2.HI/c1-5-18(6-2)20-11-19(30-27-20)14-26-22(23-4)25-13-17-7-8-21(24-12-17)28-9-10-29-16(3)15-28;/h7-8,11-12,16,18H,5-6,9-10,13-15H2,1-4H3,(H2,23,25,26);1H. The van der Waals surface area contributed by atoms with E-state index in [0.717, 1.165) is 55.4 Å². The van der Waals surface area contributed by atoms with Crippen LogP contribution in [0.5, 0.6) is 0 Å². The number of hydrogen-bond donors (Lipinski definition) is 2. The maximum atomic E-state index is 5.60. The summed E-state index contributed by atoms with van der Waals surface area (Å²) < 4.78 is 11.1. The molecule has 1 aliphatic heterocycles. The van der Waals surface area contributed by atoms with Gasteiger partial charge in [-0.2, -0.15) is 0 Å². The fraction of sp³-hybridized carbons (Fsp3) is 0.591. The van der Waals surface area contributed by atoms with E-state index in [1.54, 1.807) is 7.05 Å². The summed E-state index contributed by atoms with van der Waals surface area (Å²) in [5.41, 5.74) is 2.12. The van der Waals surface area contributed by atoms with E-state index < -0.39 is 0 Å². The Morgan fingerprint density at radius 1 is 1.26 bits per heavy atom. The average molecular weight is 542 g/mol. The van der Waals surface area contributed by atoms with Gasteiger partial charge in [-0.1, -0.05) is 25.1 Å². The molecule has 0 bridgehead atoms. The van der Waals surface area contributed by atoms with Crippen LogP contribution in [0.3, 0.4) is 0 Å². The zero-order valence-electron chi connectivity index (χ0n) is 18.9. The topological polar surface area (TPSA) is 87.8 Å². The predicted octanol–water partition coefficient (Wildman–Crippen LogP) is 3.68. The van der Waals surface area contributed by atoms with Gasteiger partial charge in [0.05, 0.1) is 24.9 Å². The van der Waals surface area contributed by atoms with Gasteiger partial charge in [-0.3, -0.25) is 4.99 Å². The van der Waals surface area contributed by atoms with Crippen molar-refractivity contribution in [2.45, 2.75) is 58.7 Å². The van der Waals surface area contributed by atoms with E-state index in [4.69, 9.17) is 9.26 Å². The molecule has 1 fully saturated rings. The van der Waals surface area contributed by atoms with Gasteiger partial charge in [-0.05, 0) is 31.4 Å². The second-order valence-electron chi connectivity index (χ2n) is 7.66. The molecule has 8 nitrogen and oxygen atoms in total. The Morgan fingerprint density at radius 2 is 2.03 bits per heavy atom. The third-order valence-electron chi connectivity index (χ3n) is 5.47. The summed E-state index contributed by atoms with van der Waals surface area (Å²) in [5, 5.41) is 10.8. The van der Waals surface area contributed by atoms with E-state index in [1.807, 2.05) is 12.3 Å². The molecular formula is C22H35IN6O2. The van der Waals surface area contributed by atoms with Crippen molar-refractivity contribution in [3.8, 4) is 0 Å². The zero-order chi connectivity index (χ0) is 21.3. The van der Waals surface area contributed by atoms with Crippen molar-refractivity contribution in [3.63, 3.8) is 0 Å². The fourth-order valence-electron chi connectivity index (χ4n) is 3.62. The molecule has 2 aromatic heterocycles. The van der Waals surface area contributed by atoms with Gasteiger partial charge in [0.25, 0.3) is 0 Å². The van der Waals surface area contributed by atoms with Crippen molar-refractivity contribution in [1.82, 2.24) is 20.8 Å². The van der Waals surface area contributed by atoms with Crippen LogP contribution in [0.4, 0.5) is 5.82 Å². The van der Waals surface area contributed by atoms with Gasteiger partial charge in [-0.15, -0.1) is 24.0 Å². The molecule has 2 aromatic rings. The van der Waals surface area contributed by atoms with Crippen molar-refractivity contribution >= 4 is 35.8 Å². The number of halogens is 1. The molecule has 0 saturated carbocycles. The second kappa shape index (κ2) is 12.8. The molecule has 2 N–H and O–H groups in total. The zero-order valence-corrected chi connectivity index (χ0v) is 21.3. The molecule has 1 aliphatic rings. The smallest absolute Gasteiger partial charge is 0.191 e. The Kier molecular flexibility index (Phi) is 10.5. The number of aliphatic imine (C=N–C) groups is 1. The molecule has 172 valence electrons. The van der Waals surface area contributed by atoms with Crippen molar-refractivity contribution < 1.29 is 9.26 Å². The molecule has 3 rings (SSSR count). The lowest BCUT2D eigenvalue weighted by molar-refractivity contribution is 0.0529. The summed E-state index contributed by atoms with van der Waals surface area (Å²) in [5.74, 6) is 2.97. The van der Waals surface area contributed by atoms with Crippen molar-refractivity contribution in [3.05, 3.63) is 41.4 Å². The Labute approximate surface area is 202 Å². The van der Waals surface area contributed by atoms with Gasteiger partial charge in [0, 0.05) is 44.9 Å². The first kappa shape index (κ1) is 25.4. The van der Waals surface area contributed by atoms with Crippen LogP contribution in [0.25, 0.3) is 0 Å². The first-order valence-electron chi connectivity index (χ1n) is 10.8. The van der Waals surface area contributed by atoms with Crippen LogP contribution in [-0.4, -0.2) is 48.9 Å². The van der Waals surface area contributed by atoms with Crippen molar-refractivity contribution in [1.29, 1.82) is 0 Å². The van der Waals surface area contributed by atoms with E-state index in [0.29, 0.717) is 25.0 Å². The van der Waals surface area contributed by atoms with Crippen molar-refractivity contribution in [2.24, 2.45) is 4.99 Å². The summed E-state index contributed by atoms with van der Waals surface area (Å²) >= 11 is 0. The molecule has 0 radical (unpaired) electrons. The lowest BCUT2D eigenvalue weighted by atomic mass is 9.99. The monoisotopic (exact) mass is 542 g/mol. The summed E-state index contributed by atoms with van der Waals surface area (Å²) in [4.78, 5) is 11.2. The summed E-state index contributed by atoms with van der Waals surface area (Å²) in [6.45, 7) is 10.1. The van der Waals surface area contributed by atoms with E-state index in [2.05, 4.69) is 63.6 Å². The molecule has 0 spiro atoms. The number of aromatic nitrogens is 2. The third-order valence-corrected chi connectivity index (χ3v) is 5.47. The Bertz CT molecular complexity index is 807. The first-order chi connectivity index (χ1) is 14.6.